The third-order valence-electron chi connectivity index (χ3n) is 3.81. The zero-order valence-corrected chi connectivity index (χ0v) is 13.7. The van der Waals surface area contributed by atoms with Crippen molar-refractivity contribution in [3.8, 4) is 10.6 Å². The highest BCUT2D eigenvalue weighted by Crippen LogP contribution is 2.26. The van der Waals surface area contributed by atoms with Crippen molar-refractivity contribution in [1.29, 1.82) is 0 Å². The van der Waals surface area contributed by atoms with Crippen molar-refractivity contribution in [2.75, 3.05) is 19.6 Å². The molecule has 1 aliphatic rings. The maximum Gasteiger partial charge on any atom is 0.270 e. The molecule has 1 unspecified atom stereocenters. The standard InChI is InChI=1S/C16H18ClN3OS/c17-13-3-1-2-12(8-13)16-20-14(10-22-16)15(21)19-7-5-11-4-6-18-9-11/h1-3,8,10-11,18H,4-7,9H2,(H,19,21). The van der Waals surface area contributed by atoms with Gasteiger partial charge in [-0.25, -0.2) is 4.98 Å². The van der Waals surface area contributed by atoms with E-state index < -0.39 is 0 Å². The lowest BCUT2D eigenvalue weighted by Crippen LogP contribution is -2.26. The number of carbonyl (C=O) groups excluding carboxylic acids is 1. The molecule has 1 aliphatic heterocycles. The number of nitrogens with zero attached hydrogens (tertiary/aromatic N) is 1. The number of rotatable bonds is 5. The quantitative estimate of drug-likeness (QED) is 0.882. The molecule has 1 saturated heterocycles. The van der Waals surface area contributed by atoms with E-state index in [1.165, 1.54) is 17.8 Å². The van der Waals surface area contributed by atoms with Gasteiger partial charge in [0.15, 0.2) is 0 Å². The topological polar surface area (TPSA) is 54.0 Å². The minimum absolute atomic E-state index is 0.101. The summed E-state index contributed by atoms with van der Waals surface area (Å²) in [6, 6.07) is 7.51. The molecule has 1 fully saturated rings. The maximum atomic E-state index is 12.1. The van der Waals surface area contributed by atoms with E-state index in [0.717, 1.165) is 30.1 Å². The van der Waals surface area contributed by atoms with E-state index in [1.807, 2.05) is 24.3 Å². The fourth-order valence-corrected chi connectivity index (χ4v) is 3.56. The number of halogens is 1. The Hall–Kier alpha value is -1.43. The summed E-state index contributed by atoms with van der Waals surface area (Å²) in [6.07, 6.45) is 2.22. The van der Waals surface area contributed by atoms with Gasteiger partial charge in [-0.15, -0.1) is 11.3 Å². The van der Waals surface area contributed by atoms with E-state index in [9.17, 15) is 4.79 Å². The first-order valence-corrected chi connectivity index (χ1v) is 8.68. The van der Waals surface area contributed by atoms with Gasteiger partial charge in [0, 0.05) is 22.5 Å². The van der Waals surface area contributed by atoms with E-state index in [4.69, 9.17) is 11.6 Å². The van der Waals surface area contributed by atoms with Gasteiger partial charge in [0.25, 0.3) is 5.91 Å². The fraction of sp³-hybridized carbons (Fsp3) is 0.375. The minimum Gasteiger partial charge on any atom is -0.351 e. The van der Waals surface area contributed by atoms with Crippen molar-refractivity contribution in [2.24, 2.45) is 5.92 Å². The molecule has 0 bridgehead atoms. The van der Waals surface area contributed by atoms with E-state index in [2.05, 4.69) is 15.6 Å². The van der Waals surface area contributed by atoms with Crippen molar-refractivity contribution >= 4 is 28.8 Å². The molecule has 1 aromatic heterocycles. The molecule has 2 heterocycles. The zero-order valence-electron chi connectivity index (χ0n) is 12.1. The predicted octanol–water partition coefficient (Wildman–Crippen LogP) is 3.19. The lowest BCUT2D eigenvalue weighted by Gasteiger charge is -2.08. The number of nitrogens with one attached hydrogen (secondary N) is 2. The van der Waals surface area contributed by atoms with Gasteiger partial charge in [0.05, 0.1) is 0 Å². The lowest BCUT2D eigenvalue weighted by molar-refractivity contribution is 0.0947. The Morgan fingerprint density at radius 3 is 3.18 bits per heavy atom. The van der Waals surface area contributed by atoms with Gasteiger partial charge in [-0.05, 0) is 44.0 Å². The monoisotopic (exact) mass is 335 g/mol. The van der Waals surface area contributed by atoms with Crippen molar-refractivity contribution in [3.63, 3.8) is 0 Å². The molecule has 0 saturated carbocycles. The molecule has 1 aromatic carbocycles. The summed E-state index contributed by atoms with van der Waals surface area (Å²) < 4.78 is 0. The molecule has 4 nitrogen and oxygen atoms in total. The Bertz CT molecular complexity index is 652. The van der Waals surface area contributed by atoms with Gasteiger partial charge < -0.3 is 10.6 Å². The number of thiazole rings is 1. The van der Waals surface area contributed by atoms with E-state index in [-0.39, 0.29) is 5.91 Å². The number of carbonyl (C=O) groups is 1. The molecule has 0 aliphatic carbocycles. The van der Waals surface area contributed by atoms with Crippen molar-refractivity contribution in [2.45, 2.75) is 12.8 Å². The second-order valence-electron chi connectivity index (χ2n) is 5.45. The predicted molar refractivity (Wildman–Crippen MR) is 90.5 cm³/mol. The van der Waals surface area contributed by atoms with Gasteiger partial charge in [-0.2, -0.15) is 0 Å². The second kappa shape index (κ2) is 7.22. The normalized spacial score (nSPS) is 17.6. The van der Waals surface area contributed by atoms with E-state index in [0.29, 0.717) is 23.2 Å². The molecule has 22 heavy (non-hydrogen) atoms. The van der Waals surface area contributed by atoms with E-state index in [1.54, 1.807) is 5.38 Å². The number of hydrogen-bond acceptors (Lipinski definition) is 4. The molecule has 116 valence electrons. The molecule has 0 spiro atoms. The largest absolute Gasteiger partial charge is 0.351 e. The van der Waals surface area contributed by atoms with Gasteiger partial charge in [-0.1, -0.05) is 23.7 Å². The SMILES string of the molecule is O=C(NCCC1CCNC1)c1csc(-c2cccc(Cl)c2)n1. The average molecular weight is 336 g/mol. The average Bonchev–Trinajstić information content (AvgIpc) is 3.19. The summed E-state index contributed by atoms with van der Waals surface area (Å²) >= 11 is 7.45. The van der Waals surface area contributed by atoms with Gasteiger partial charge >= 0.3 is 0 Å². The first-order chi connectivity index (χ1) is 10.7. The number of hydrogen-bond donors (Lipinski definition) is 2. The van der Waals surface area contributed by atoms with Crippen molar-refractivity contribution in [1.82, 2.24) is 15.6 Å². The molecular formula is C16H18ClN3OS. The molecule has 1 atom stereocenters. The molecule has 2 aromatic rings. The first-order valence-electron chi connectivity index (χ1n) is 7.43. The van der Waals surface area contributed by atoms with Crippen LogP contribution in [0.5, 0.6) is 0 Å². The van der Waals surface area contributed by atoms with Crippen LogP contribution in [0.1, 0.15) is 23.3 Å². The van der Waals surface area contributed by atoms with Crippen LogP contribution in [0.2, 0.25) is 5.02 Å². The highest BCUT2D eigenvalue weighted by Gasteiger charge is 2.15. The molecular weight excluding hydrogens is 318 g/mol. The maximum absolute atomic E-state index is 12.1. The van der Waals surface area contributed by atoms with Crippen LogP contribution in [0, 0.1) is 5.92 Å². The highest BCUT2D eigenvalue weighted by atomic mass is 35.5. The van der Waals surface area contributed by atoms with Crippen LogP contribution in [0.3, 0.4) is 0 Å². The fourth-order valence-electron chi connectivity index (χ4n) is 2.57. The van der Waals surface area contributed by atoms with Crippen LogP contribution in [-0.4, -0.2) is 30.5 Å². The number of benzene rings is 1. The van der Waals surface area contributed by atoms with Crippen LogP contribution in [0.4, 0.5) is 0 Å². The Labute approximate surface area is 138 Å². The first kappa shape index (κ1) is 15.5. The Balaban J connectivity index is 1.57. The Morgan fingerprint density at radius 1 is 1.50 bits per heavy atom. The third kappa shape index (κ3) is 3.85. The molecule has 3 rings (SSSR count). The highest BCUT2D eigenvalue weighted by molar-refractivity contribution is 7.13. The van der Waals surface area contributed by atoms with Gasteiger partial charge in [0.1, 0.15) is 10.7 Å². The summed E-state index contributed by atoms with van der Waals surface area (Å²) in [5.74, 6) is 0.577. The van der Waals surface area contributed by atoms with Crippen LogP contribution < -0.4 is 10.6 Å². The van der Waals surface area contributed by atoms with Crippen molar-refractivity contribution < 1.29 is 4.79 Å². The summed E-state index contributed by atoms with van der Waals surface area (Å²) in [7, 11) is 0. The second-order valence-corrected chi connectivity index (χ2v) is 6.75. The smallest absolute Gasteiger partial charge is 0.270 e. The Kier molecular flexibility index (Phi) is 5.08. The van der Waals surface area contributed by atoms with Crippen LogP contribution in [0.25, 0.3) is 10.6 Å². The summed E-state index contributed by atoms with van der Waals surface area (Å²) in [5.41, 5.74) is 1.41. The van der Waals surface area contributed by atoms with E-state index >= 15 is 0 Å². The minimum atomic E-state index is -0.101. The zero-order chi connectivity index (χ0) is 15.4. The number of aromatic nitrogens is 1. The van der Waals surface area contributed by atoms with Crippen LogP contribution >= 0.6 is 22.9 Å². The third-order valence-corrected chi connectivity index (χ3v) is 4.94. The van der Waals surface area contributed by atoms with Gasteiger partial charge in [-0.3, -0.25) is 4.79 Å². The van der Waals surface area contributed by atoms with Crippen LogP contribution in [-0.2, 0) is 0 Å². The van der Waals surface area contributed by atoms with Gasteiger partial charge in [0.2, 0.25) is 0 Å². The summed E-state index contributed by atoms with van der Waals surface area (Å²) in [6.45, 7) is 2.86. The lowest BCUT2D eigenvalue weighted by atomic mass is 10.1. The summed E-state index contributed by atoms with van der Waals surface area (Å²) in [4.78, 5) is 16.5. The van der Waals surface area contributed by atoms with Crippen molar-refractivity contribution in [3.05, 3.63) is 40.4 Å². The molecule has 2 N–H and O–H groups in total. The Morgan fingerprint density at radius 2 is 2.41 bits per heavy atom. The summed E-state index contributed by atoms with van der Waals surface area (Å²) in [5, 5.41) is 9.56. The number of amides is 1. The molecule has 6 heteroatoms. The molecule has 0 radical (unpaired) electrons. The van der Waals surface area contributed by atoms with Crippen LogP contribution in [0.15, 0.2) is 29.6 Å². The molecule has 1 amide bonds.